The summed E-state index contributed by atoms with van der Waals surface area (Å²) >= 11 is 5.74. The molecule has 0 spiro atoms. The van der Waals surface area contributed by atoms with Crippen LogP contribution in [0, 0.1) is 5.82 Å². The standard InChI is InChI=1S/C11H15ClFNO2/c1-7(11(15-2)16-3)14-10-5-8(12)4-9(13)6-10/h4-7,11,14H,1-3H3. The van der Waals surface area contributed by atoms with Crippen molar-refractivity contribution in [2.45, 2.75) is 19.3 Å². The van der Waals surface area contributed by atoms with Crippen LogP contribution >= 0.6 is 11.6 Å². The first-order chi connectivity index (χ1) is 7.56. The van der Waals surface area contributed by atoms with E-state index in [2.05, 4.69) is 5.32 Å². The van der Waals surface area contributed by atoms with Crippen LogP contribution in [0.2, 0.25) is 5.02 Å². The summed E-state index contributed by atoms with van der Waals surface area (Å²) in [6.45, 7) is 1.87. The Kier molecular flexibility index (Phi) is 4.99. The largest absolute Gasteiger partial charge is 0.377 e. The Hall–Kier alpha value is -0.840. The van der Waals surface area contributed by atoms with Gasteiger partial charge in [-0.2, -0.15) is 0 Å². The lowest BCUT2D eigenvalue weighted by molar-refractivity contribution is -0.109. The van der Waals surface area contributed by atoms with E-state index in [1.54, 1.807) is 20.3 Å². The normalized spacial score (nSPS) is 12.9. The number of rotatable bonds is 5. The van der Waals surface area contributed by atoms with E-state index < -0.39 is 6.29 Å². The lowest BCUT2D eigenvalue weighted by Gasteiger charge is -2.23. The lowest BCUT2D eigenvalue weighted by atomic mass is 10.2. The van der Waals surface area contributed by atoms with Crippen LogP contribution in [0.15, 0.2) is 18.2 Å². The molecule has 0 saturated carbocycles. The zero-order chi connectivity index (χ0) is 12.1. The second-order valence-electron chi connectivity index (χ2n) is 3.43. The molecule has 1 aromatic carbocycles. The molecule has 0 fully saturated rings. The molecule has 5 heteroatoms. The van der Waals surface area contributed by atoms with Crippen LogP contribution < -0.4 is 5.32 Å². The lowest BCUT2D eigenvalue weighted by Crippen LogP contribution is -2.33. The van der Waals surface area contributed by atoms with Gasteiger partial charge in [0.05, 0.1) is 6.04 Å². The average molecular weight is 248 g/mol. The quantitative estimate of drug-likeness (QED) is 0.812. The first kappa shape index (κ1) is 13.2. The van der Waals surface area contributed by atoms with Gasteiger partial charge in [-0.3, -0.25) is 0 Å². The van der Waals surface area contributed by atoms with E-state index in [0.717, 1.165) is 0 Å². The fraction of sp³-hybridized carbons (Fsp3) is 0.455. The third kappa shape index (κ3) is 3.63. The van der Waals surface area contributed by atoms with E-state index in [0.29, 0.717) is 10.7 Å². The number of ether oxygens (including phenoxy) is 2. The highest BCUT2D eigenvalue weighted by Gasteiger charge is 2.15. The molecule has 0 saturated heterocycles. The average Bonchev–Trinajstić information content (AvgIpc) is 2.17. The van der Waals surface area contributed by atoms with E-state index in [4.69, 9.17) is 21.1 Å². The van der Waals surface area contributed by atoms with Crippen LogP contribution in [0.3, 0.4) is 0 Å². The molecular formula is C11H15ClFNO2. The van der Waals surface area contributed by atoms with E-state index in [1.165, 1.54) is 12.1 Å². The number of nitrogens with one attached hydrogen (secondary N) is 1. The first-order valence-corrected chi connectivity index (χ1v) is 5.23. The molecule has 3 nitrogen and oxygen atoms in total. The Morgan fingerprint density at radius 3 is 2.38 bits per heavy atom. The molecule has 90 valence electrons. The van der Waals surface area contributed by atoms with E-state index >= 15 is 0 Å². The molecule has 0 aliphatic heterocycles. The predicted octanol–water partition coefficient (Wildman–Crippen LogP) is 2.90. The Balaban J connectivity index is 2.72. The number of anilines is 1. The van der Waals surface area contributed by atoms with Gasteiger partial charge in [-0.1, -0.05) is 11.6 Å². The third-order valence-electron chi connectivity index (χ3n) is 2.13. The fourth-order valence-corrected chi connectivity index (χ4v) is 1.69. The third-order valence-corrected chi connectivity index (χ3v) is 2.35. The van der Waals surface area contributed by atoms with Crippen molar-refractivity contribution in [3.63, 3.8) is 0 Å². The maximum atomic E-state index is 13.1. The van der Waals surface area contributed by atoms with Crippen molar-refractivity contribution in [1.29, 1.82) is 0 Å². The van der Waals surface area contributed by atoms with Crippen molar-refractivity contribution < 1.29 is 13.9 Å². The van der Waals surface area contributed by atoms with Crippen molar-refractivity contribution in [1.82, 2.24) is 0 Å². The molecule has 1 aromatic rings. The van der Waals surface area contributed by atoms with E-state index in [9.17, 15) is 4.39 Å². The molecule has 0 bridgehead atoms. The second-order valence-corrected chi connectivity index (χ2v) is 3.87. The van der Waals surface area contributed by atoms with Crippen molar-refractivity contribution in [3.8, 4) is 0 Å². The molecule has 0 heterocycles. The van der Waals surface area contributed by atoms with Gasteiger partial charge in [-0.25, -0.2) is 4.39 Å². The first-order valence-electron chi connectivity index (χ1n) is 4.85. The highest BCUT2D eigenvalue weighted by atomic mass is 35.5. The van der Waals surface area contributed by atoms with E-state index in [1.807, 2.05) is 6.92 Å². The van der Waals surface area contributed by atoms with Gasteiger partial charge in [0.15, 0.2) is 6.29 Å². The van der Waals surface area contributed by atoms with Gasteiger partial charge in [-0.15, -0.1) is 0 Å². The Morgan fingerprint density at radius 1 is 1.25 bits per heavy atom. The van der Waals surface area contributed by atoms with Crippen LogP contribution in [0.5, 0.6) is 0 Å². The molecular weight excluding hydrogens is 233 g/mol. The zero-order valence-corrected chi connectivity index (χ0v) is 10.2. The summed E-state index contributed by atoms with van der Waals surface area (Å²) in [6, 6.07) is 4.14. The topological polar surface area (TPSA) is 30.5 Å². The van der Waals surface area contributed by atoms with Crippen molar-refractivity contribution in [3.05, 3.63) is 29.0 Å². The highest BCUT2D eigenvalue weighted by Crippen LogP contribution is 2.19. The summed E-state index contributed by atoms with van der Waals surface area (Å²) in [5.74, 6) is -0.381. The molecule has 1 N–H and O–H groups in total. The van der Waals surface area contributed by atoms with Gasteiger partial charge in [0, 0.05) is 24.9 Å². The molecule has 0 aliphatic carbocycles. The molecule has 1 rings (SSSR count). The minimum Gasteiger partial charge on any atom is -0.377 e. The molecule has 0 amide bonds. The monoisotopic (exact) mass is 247 g/mol. The van der Waals surface area contributed by atoms with Gasteiger partial charge in [0.1, 0.15) is 5.82 Å². The number of halogens is 2. The summed E-state index contributed by atoms with van der Waals surface area (Å²) in [4.78, 5) is 0. The minimum absolute atomic E-state index is 0.118. The smallest absolute Gasteiger partial charge is 0.176 e. The van der Waals surface area contributed by atoms with E-state index in [-0.39, 0.29) is 11.9 Å². The predicted molar refractivity (Wildman–Crippen MR) is 62.3 cm³/mol. The maximum Gasteiger partial charge on any atom is 0.176 e. The Labute approximate surface area is 99.5 Å². The summed E-state index contributed by atoms with van der Waals surface area (Å²) in [6.07, 6.45) is -0.401. The number of methoxy groups -OCH3 is 2. The van der Waals surface area contributed by atoms with Crippen LogP contribution in [-0.4, -0.2) is 26.6 Å². The van der Waals surface area contributed by atoms with Crippen molar-refractivity contribution in [2.24, 2.45) is 0 Å². The molecule has 16 heavy (non-hydrogen) atoms. The summed E-state index contributed by atoms with van der Waals surface area (Å²) in [7, 11) is 3.09. The van der Waals surface area contributed by atoms with Crippen LogP contribution in [-0.2, 0) is 9.47 Å². The molecule has 1 unspecified atom stereocenters. The Bertz CT molecular complexity index is 325. The number of hydrogen-bond donors (Lipinski definition) is 1. The molecule has 1 atom stereocenters. The van der Waals surface area contributed by atoms with Gasteiger partial charge in [0.25, 0.3) is 0 Å². The summed E-state index contributed by atoms with van der Waals surface area (Å²) in [5.41, 5.74) is 0.594. The zero-order valence-electron chi connectivity index (χ0n) is 9.46. The second kappa shape index (κ2) is 6.03. The number of hydrogen-bond acceptors (Lipinski definition) is 3. The van der Waals surface area contributed by atoms with Crippen LogP contribution in [0.1, 0.15) is 6.92 Å². The van der Waals surface area contributed by atoms with Gasteiger partial charge in [0.2, 0.25) is 0 Å². The van der Waals surface area contributed by atoms with Gasteiger partial charge < -0.3 is 14.8 Å². The van der Waals surface area contributed by atoms with Crippen LogP contribution in [0.4, 0.5) is 10.1 Å². The molecule has 0 aliphatic rings. The summed E-state index contributed by atoms with van der Waals surface area (Å²) in [5, 5.41) is 3.40. The molecule has 0 radical (unpaired) electrons. The van der Waals surface area contributed by atoms with Gasteiger partial charge in [-0.05, 0) is 25.1 Å². The maximum absolute atomic E-state index is 13.1. The SMILES string of the molecule is COC(OC)C(C)Nc1cc(F)cc(Cl)c1. The number of benzene rings is 1. The Morgan fingerprint density at radius 2 is 1.88 bits per heavy atom. The highest BCUT2D eigenvalue weighted by molar-refractivity contribution is 6.30. The van der Waals surface area contributed by atoms with Crippen LogP contribution in [0.25, 0.3) is 0 Å². The van der Waals surface area contributed by atoms with Crippen molar-refractivity contribution >= 4 is 17.3 Å². The van der Waals surface area contributed by atoms with Crippen molar-refractivity contribution in [2.75, 3.05) is 19.5 Å². The minimum atomic E-state index is -0.401. The van der Waals surface area contributed by atoms with Gasteiger partial charge >= 0.3 is 0 Å². The fourth-order valence-electron chi connectivity index (χ4n) is 1.47. The summed E-state index contributed by atoms with van der Waals surface area (Å²) < 4.78 is 23.2. The molecule has 0 aromatic heterocycles.